The molecule has 2 aromatic rings. The number of nitrogens with two attached hydrogens (primary N) is 1. The number of carbonyl (C=O) groups excluding carboxylic acids is 2. The number of aliphatic hydroxyl groups excluding tert-OH is 1. The number of hydrogen-bond acceptors (Lipinski definition) is 4. The number of β-amino-alcohol motifs (C(OH)–C–C–N with tert-alkyl or cyclic N) is 1. The van der Waals surface area contributed by atoms with Crippen LogP contribution in [0.5, 0.6) is 0 Å². The van der Waals surface area contributed by atoms with Crippen LogP contribution in [0.3, 0.4) is 0 Å². The van der Waals surface area contributed by atoms with Gasteiger partial charge >= 0.3 is 0 Å². The molecule has 2 amide bonds. The molecule has 3 N–H and O–H groups in total. The molecule has 6 nitrogen and oxygen atoms in total. The van der Waals surface area contributed by atoms with Gasteiger partial charge in [0.1, 0.15) is 0 Å². The van der Waals surface area contributed by atoms with Gasteiger partial charge in [-0.2, -0.15) is 0 Å². The second-order valence-corrected chi connectivity index (χ2v) is 8.36. The second-order valence-electron chi connectivity index (χ2n) is 7.54. The normalized spacial score (nSPS) is 17.6. The summed E-state index contributed by atoms with van der Waals surface area (Å²) in [6.07, 6.45) is 0.378. The number of nitrogens with zero attached hydrogens (tertiary/aromatic N) is 2. The van der Waals surface area contributed by atoms with Crippen LogP contribution in [0.1, 0.15) is 23.6 Å². The van der Waals surface area contributed by atoms with Gasteiger partial charge in [0.15, 0.2) is 0 Å². The highest BCUT2D eigenvalue weighted by atomic mass is 35.5. The van der Waals surface area contributed by atoms with Crippen molar-refractivity contribution in [1.29, 1.82) is 0 Å². The van der Waals surface area contributed by atoms with E-state index in [1.54, 1.807) is 18.2 Å². The topological polar surface area (TPSA) is 86.9 Å². The molecule has 160 valence electrons. The number of rotatable bonds is 8. The van der Waals surface area contributed by atoms with E-state index in [0.29, 0.717) is 35.1 Å². The molecule has 8 heteroatoms. The molecule has 1 aliphatic heterocycles. The van der Waals surface area contributed by atoms with Gasteiger partial charge in [-0.05, 0) is 29.7 Å². The van der Waals surface area contributed by atoms with E-state index in [-0.39, 0.29) is 31.0 Å². The molecule has 1 aliphatic rings. The van der Waals surface area contributed by atoms with Crippen molar-refractivity contribution in [2.75, 3.05) is 26.2 Å². The van der Waals surface area contributed by atoms with Gasteiger partial charge < -0.3 is 15.7 Å². The predicted molar refractivity (Wildman–Crippen MR) is 117 cm³/mol. The summed E-state index contributed by atoms with van der Waals surface area (Å²) in [5.41, 5.74) is 7.10. The van der Waals surface area contributed by atoms with Gasteiger partial charge in [-0.25, -0.2) is 0 Å². The van der Waals surface area contributed by atoms with Crippen molar-refractivity contribution in [2.45, 2.75) is 25.0 Å². The van der Waals surface area contributed by atoms with Crippen LogP contribution >= 0.6 is 23.2 Å². The molecule has 2 atom stereocenters. The zero-order valence-corrected chi connectivity index (χ0v) is 18.0. The van der Waals surface area contributed by atoms with Crippen LogP contribution in [0.4, 0.5) is 0 Å². The molecule has 0 aromatic heterocycles. The molecule has 2 unspecified atom stereocenters. The van der Waals surface area contributed by atoms with Gasteiger partial charge in [0.2, 0.25) is 11.8 Å². The van der Waals surface area contributed by atoms with Crippen LogP contribution in [0, 0.1) is 0 Å². The van der Waals surface area contributed by atoms with Crippen LogP contribution in [0.25, 0.3) is 0 Å². The van der Waals surface area contributed by atoms with Crippen LogP contribution in [-0.4, -0.2) is 59.0 Å². The molecule has 0 bridgehead atoms. The monoisotopic (exact) mass is 449 g/mol. The van der Waals surface area contributed by atoms with Crippen LogP contribution in [-0.2, 0) is 16.0 Å². The van der Waals surface area contributed by atoms with Crippen molar-refractivity contribution in [3.8, 4) is 0 Å². The Kier molecular flexibility index (Phi) is 7.72. The molecule has 0 spiro atoms. The maximum Gasteiger partial charge on any atom is 0.237 e. The SMILES string of the molecule is NC(=O)CN(C(=O)Cc1ccc(Cl)c(Cl)c1)C(CN1CCC(O)C1)c1ccccc1. The summed E-state index contributed by atoms with van der Waals surface area (Å²) in [5.74, 6) is -0.819. The lowest BCUT2D eigenvalue weighted by molar-refractivity contribution is -0.137. The molecule has 1 heterocycles. The maximum absolute atomic E-state index is 13.3. The second kappa shape index (κ2) is 10.3. The third-order valence-corrected chi connectivity index (χ3v) is 5.96. The smallest absolute Gasteiger partial charge is 0.237 e. The molecule has 1 fully saturated rings. The Labute approximate surface area is 186 Å². The van der Waals surface area contributed by atoms with Gasteiger partial charge in [-0.1, -0.05) is 59.6 Å². The number of amides is 2. The summed E-state index contributed by atoms with van der Waals surface area (Å²) >= 11 is 12.1. The van der Waals surface area contributed by atoms with Crippen molar-refractivity contribution in [3.63, 3.8) is 0 Å². The number of likely N-dealkylation sites (tertiary alicyclic amines) is 1. The van der Waals surface area contributed by atoms with Crippen molar-refractivity contribution >= 4 is 35.0 Å². The average molecular weight is 450 g/mol. The van der Waals surface area contributed by atoms with E-state index in [1.165, 1.54) is 4.90 Å². The fourth-order valence-corrected chi connectivity index (χ4v) is 4.07. The molecule has 0 radical (unpaired) electrons. The van der Waals surface area contributed by atoms with E-state index in [2.05, 4.69) is 4.90 Å². The summed E-state index contributed by atoms with van der Waals surface area (Å²) in [6.45, 7) is 1.57. The minimum Gasteiger partial charge on any atom is -0.392 e. The summed E-state index contributed by atoms with van der Waals surface area (Å²) in [6, 6.07) is 14.2. The lowest BCUT2D eigenvalue weighted by Gasteiger charge is -2.34. The first-order valence-electron chi connectivity index (χ1n) is 9.80. The maximum atomic E-state index is 13.3. The number of hydrogen-bond donors (Lipinski definition) is 2. The number of aliphatic hydroxyl groups is 1. The molecule has 0 aliphatic carbocycles. The van der Waals surface area contributed by atoms with Gasteiger partial charge in [0.25, 0.3) is 0 Å². The molecule has 30 heavy (non-hydrogen) atoms. The molecule has 0 saturated carbocycles. The first-order valence-corrected chi connectivity index (χ1v) is 10.6. The van der Waals surface area contributed by atoms with E-state index in [1.807, 2.05) is 30.3 Å². The number of benzene rings is 2. The lowest BCUT2D eigenvalue weighted by atomic mass is 10.0. The fraction of sp³-hybridized carbons (Fsp3) is 0.364. The van der Waals surface area contributed by atoms with Gasteiger partial charge in [0, 0.05) is 19.6 Å². The van der Waals surface area contributed by atoms with Crippen LogP contribution in [0.15, 0.2) is 48.5 Å². The minimum absolute atomic E-state index is 0.0656. The van der Waals surface area contributed by atoms with Gasteiger partial charge in [-0.3, -0.25) is 14.5 Å². The molecule has 3 rings (SSSR count). The summed E-state index contributed by atoms with van der Waals surface area (Å²) in [7, 11) is 0. The van der Waals surface area contributed by atoms with Crippen molar-refractivity contribution in [2.24, 2.45) is 5.73 Å². The standard InChI is InChI=1S/C22H25Cl2N3O3/c23-18-7-6-15(10-19(18)24)11-22(30)27(14-21(25)29)20(16-4-2-1-3-5-16)13-26-9-8-17(28)12-26/h1-7,10,17,20,28H,8-9,11-14H2,(H2,25,29). The fourth-order valence-electron chi connectivity index (χ4n) is 3.75. The van der Waals surface area contributed by atoms with E-state index in [9.17, 15) is 14.7 Å². The highest BCUT2D eigenvalue weighted by Gasteiger charge is 2.31. The largest absolute Gasteiger partial charge is 0.392 e. The van der Waals surface area contributed by atoms with Crippen molar-refractivity contribution < 1.29 is 14.7 Å². The highest BCUT2D eigenvalue weighted by Crippen LogP contribution is 2.27. The number of primary amides is 1. The zero-order valence-electron chi connectivity index (χ0n) is 16.5. The molecular formula is C22H25Cl2N3O3. The summed E-state index contributed by atoms with van der Waals surface area (Å²) in [4.78, 5) is 28.7. The average Bonchev–Trinajstić information content (AvgIpc) is 3.12. The van der Waals surface area contributed by atoms with Gasteiger partial charge in [-0.15, -0.1) is 0 Å². The number of carbonyl (C=O) groups is 2. The minimum atomic E-state index is -0.583. The predicted octanol–water partition coefficient (Wildman–Crippen LogP) is 2.66. The van der Waals surface area contributed by atoms with Crippen LogP contribution < -0.4 is 5.73 Å². The Morgan fingerprint density at radius 2 is 1.90 bits per heavy atom. The van der Waals surface area contributed by atoms with E-state index < -0.39 is 5.91 Å². The summed E-state index contributed by atoms with van der Waals surface area (Å²) < 4.78 is 0. The van der Waals surface area contributed by atoms with Crippen LogP contribution in [0.2, 0.25) is 10.0 Å². The Hall–Kier alpha value is -2.12. The van der Waals surface area contributed by atoms with Crippen molar-refractivity contribution in [1.82, 2.24) is 9.80 Å². The summed E-state index contributed by atoms with van der Waals surface area (Å²) in [5, 5.41) is 10.7. The van der Waals surface area contributed by atoms with Gasteiger partial charge in [0.05, 0.1) is 35.2 Å². The van der Waals surface area contributed by atoms with Crippen molar-refractivity contribution in [3.05, 3.63) is 69.7 Å². The third-order valence-electron chi connectivity index (χ3n) is 5.23. The lowest BCUT2D eigenvalue weighted by Crippen LogP contribution is -2.45. The Morgan fingerprint density at radius 1 is 1.17 bits per heavy atom. The van der Waals surface area contributed by atoms with E-state index in [4.69, 9.17) is 28.9 Å². The van der Waals surface area contributed by atoms with E-state index in [0.717, 1.165) is 12.1 Å². The highest BCUT2D eigenvalue weighted by molar-refractivity contribution is 6.42. The molecule has 2 aromatic carbocycles. The Bertz CT molecular complexity index is 894. The van der Waals surface area contributed by atoms with E-state index >= 15 is 0 Å². The molecule has 1 saturated heterocycles. The molecular weight excluding hydrogens is 425 g/mol. The quantitative estimate of drug-likeness (QED) is 0.648. The third kappa shape index (κ3) is 5.95. The first-order chi connectivity index (χ1) is 14.3. The number of halogens is 2. The zero-order chi connectivity index (χ0) is 21.7. The Morgan fingerprint density at radius 3 is 2.50 bits per heavy atom. The Balaban J connectivity index is 1.88. The first kappa shape index (κ1) is 22.6.